The number of carbonyl (C=O) groups excluding carboxylic acids is 3. The molecule has 0 saturated carbocycles. The molecule has 1 aliphatic rings. The number of benzene rings is 1. The molecule has 8 nitrogen and oxygen atoms in total. The highest BCUT2D eigenvalue weighted by Gasteiger charge is 2.36. The fourth-order valence-electron chi connectivity index (χ4n) is 2.56. The number of rotatable bonds is 7. The van der Waals surface area contributed by atoms with Crippen molar-refractivity contribution in [2.75, 3.05) is 25.0 Å². The van der Waals surface area contributed by atoms with Gasteiger partial charge in [-0.05, 0) is 18.2 Å². The molecule has 1 aliphatic heterocycles. The van der Waals surface area contributed by atoms with Gasteiger partial charge < -0.3 is 10.6 Å². The van der Waals surface area contributed by atoms with E-state index in [2.05, 4.69) is 15.6 Å². The Labute approximate surface area is 172 Å². The van der Waals surface area contributed by atoms with Gasteiger partial charge in [-0.15, -0.1) is 5.06 Å². The van der Waals surface area contributed by atoms with Gasteiger partial charge in [-0.2, -0.15) is 13.2 Å². The number of anilines is 1. The van der Waals surface area contributed by atoms with E-state index in [-0.39, 0.29) is 35.1 Å². The van der Waals surface area contributed by atoms with E-state index in [9.17, 15) is 27.6 Å². The minimum atomic E-state index is -4.55. The first kappa shape index (κ1) is 21.5. The lowest BCUT2D eigenvalue weighted by molar-refractivity contribution is -0.139. The number of hydrogen-bond acceptors (Lipinski definition) is 6. The van der Waals surface area contributed by atoms with Crippen molar-refractivity contribution in [1.29, 1.82) is 0 Å². The van der Waals surface area contributed by atoms with E-state index in [0.717, 1.165) is 6.07 Å². The summed E-state index contributed by atoms with van der Waals surface area (Å²) < 4.78 is 37.7. The number of imide groups is 1. The maximum atomic E-state index is 12.6. The number of hydrogen-bond donors (Lipinski definition) is 2. The van der Waals surface area contributed by atoms with Gasteiger partial charge in [-0.1, -0.05) is 23.7 Å². The summed E-state index contributed by atoms with van der Waals surface area (Å²) in [6.07, 6.45) is -3.91. The summed E-state index contributed by atoms with van der Waals surface area (Å²) in [6.45, 7) is -0.412. The molecule has 1 aromatic carbocycles. The smallest absolute Gasteiger partial charge is 0.367 e. The second kappa shape index (κ2) is 8.67. The number of aromatic nitrogens is 1. The van der Waals surface area contributed by atoms with Crippen molar-refractivity contribution in [2.24, 2.45) is 0 Å². The molecule has 0 unspecified atom stereocenters. The van der Waals surface area contributed by atoms with Crippen molar-refractivity contribution >= 4 is 35.1 Å². The van der Waals surface area contributed by atoms with Gasteiger partial charge in [0, 0.05) is 19.3 Å². The Balaban J connectivity index is 1.42. The Morgan fingerprint density at radius 3 is 2.33 bits per heavy atom. The number of carbonyl (C=O) groups is 3. The second-order valence-electron chi connectivity index (χ2n) is 6.05. The van der Waals surface area contributed by atoms with Crippen molar-refractivity contribution in [1.82, 2.24) is 15.4 Å². The van der Waals surface area contributed by atoms with E-state index in [1.807, 2.05) is 0 Å². The summed E-state index contributed by atoms with van der Waals surface area (Å²) in [5.41, 5.74) is -0.599. The first-order chi connectivity index (χ1) is 14.2. The molecule has 0 saturated heterocycles. The van der Waals surface area contributed by atoms with Crippen molar-refractivity contribution in [3.63, 3.8) is 0 Å². The second-order valence-corrected chi connectivity index (χ2v) is 6.46. The van der Waals surface area contributed by atoms with Gasteiger partial charge in [-0.25, -0.2) is 4.98 Å². The maximum absolute atomic E-state index is 12.6. The zero-order valence-corrected chi connectivity index (χ0v) is 15.9. The Morgan fingerprint density at radius 2 is 1.77 bits per heavy atom. The fraction of sp³-hybridized carbons (Fsp3) is 0.222. The molecule has 2 N–H and O–H groups in total. The molecular formula is C18H14ClF3N4O4. The Bertz CT molecular complexity index is 965. The number of alkyl halides is 3. The van der Waals surface area contributed by atoms with Crippen molar-refractivity contribution < 1.29 is 32.4 Å². The van der Waals surface area contributed by atoms with E-state index < -0.39 is 36.1 Å². The van der Waals surface area contributed by atoms with Gasteiger partial charge in [0.25, 0.3) is 11.8 Å². The van der Waals surface area contributed by atoms with Crippen LogP contribution in [0.25, 0.3) is 0 Å². The quantitative estimate of drug-likeness (QED) is 0.505. The molecule has 3 rings (SSSR count). The number of nitrogens with zero attached hydrogens (tertiary/aromatic N) is 2. The Kier molecular flexibility index (Phi) is 6.22. The zero-order valence-electron chi connectivity index (χ0n) is 15.1. The number of fused-ring (bicyclic) bond motifs is 1. The minimum Gasteiger partial charge on any atom is -0.367 e. The average molecular weight is 443 g/mol. The largest absolute Gasteiger partial charge is 0.417 e. The van der Waals surface area contributed by atoms with E-state index in [1.54, 1.807) is 12.1 Å². The summed E-state index contributed by atoms with van der Waals surface area (Å²) in [7, 11) is 0. The summed E-state index contributed by atoms with van der Waals surface area (Å²) in [4.78, 5) is 44.7. The minimum absolute atomic E-state index is 0.0289. The topological polar surface area (TPSA) is 101 Å². The summed E-state index contributed by atoms with van der Waals surface area (Å²) in [5, 5.41) is 5.45. The van der Waals surface area contributed by atoms with Crippen LogP contribution in [0.3, 0.4) is 0 Å². The molecule has 1 aromatic heterocycles. The number of halogens is 4. The molecule has 0 fully saturated rings. The lowest BCUT2D eigenvalue weighted by Crippen LogP contribution is -2.37. The lowest BCUT2D eigenvalue weighted by atomic mass is 10.1. The van der Waals surface area contributed by atoms with Crippen LogP contribution >= 0.6 is 11.6 Å². The van der Waals surface area contributed by atoms with Gasteiger partial charge in [0.2, 0.25) is 5.91 Å². The van der Waals surface area contributed by atoms with Crippen LogP contribution in [0.4, 0.5) is 19.0 Å². The van der Waals surface area contributed by atoms with E-state index in [0.29, 0.717) is 11.3 Å². The Morgan fingerprint density at radius 1 is 1.13 bits per heavy atom. The third-order valence-corrected chi connectivity index (χ3v) is 4.28. The zero-order chi connectivity index (χ0) is 21.9. The first-order valence-corrected chi connectivity index (χ1v) is 8.90. The van der Waals surface area contributed by atoms with E-state index in [4.69, 9.17) is 16.4 Å². The standard InChI is InChI=1S/C18H14ClF3N4O4/c19-13-7-10(18(20,21)22)8-25-15(13)24-6-5-23-14(27)9-30-26-16(28)11-3-1-2-4-12(11)17(26)29/h1-4,7-8H,5-6,9H2,(H,23,27)(H,24,25). The normalized spacial score (nSPS) is 13.4. The van der Waals surface area contributed by atoms with Crippen LogP contribution in [0, 0.1) is 0 Å². The number of pyridine rings is 1. The van der Waals surface area contributed by atoms with Crippen LogP contribution < -0.4 is 10.6 Å². The lowest BCUT2D eigenvalue weighted by Gasteiger charge is -2.14. The monoisotopic (exact) mass is 442 g/mol. The van der Waals surface area contributed by atoms with Gasteiger partial charge in [0.1, 0.15) is 5.82 Å². The fourth-order valence-corrected chi connectivity index (χ4v) is 2.80. The van der Waals surface area contributed by atoms with Crippen molar-refractivity contribution in [3.8, 4) is 0 Å². The van der Waals surface area contributed by atoms with Gasteiger partial charge in [0.05, 0.1) is 21.7 Å². The highest BCUT2D eigenvalue weighted by Crippen LogP contribution is 2.32. The summed E-state index contributed by atoms with van der Waals surface area (Å²) in [5.74, 6) is -1.90. The maximum Gasteiger partial charge on any atom is 0.417 e. The number of nitrogens with one attached hydrogen (secondary N) is 2. The van der Waals surface area contributed by atoms with Gasteiger partial charge in [-0.3, -0.25) is 19.2 Å². The third-order valence-electron chi connectivity index (χ3n) is 3.99. The molecule has 3 amide bonds. The summed E-state index contributed by atoms with van der Waals surface area (Å²) >= 11 is 5.76. The van der Waals surface area contributed by atoms with Crippen LogP contribution in [-0.2, 0) is 15.8 Å². The average Bonchev–Trinajstić information content (AvgIpc) is 2.94. The Hall–Kier alpha value is -3.18. The van der Waals surface area contributed by atoms with Gasteiger partial charge >= 0.3 is 6.18 Å². The van der Waals surface area contributed by atoms with Crippen molar-refractivity contribution in [2.45, 2.75) is 6.18 Å². The van der Waals surface area contributed by atoms with E-state index in [1.165, 1.54) is 12.1 Å². The SMILES string of the molecule is O=C(CON1C(=O)c2ccccc2C1=O)NCCNc1ncc(C(F)(F)F)cc1Cl. The highest BCUT2D eigenvalue weighted by atomic mass is 35.5. The molecule has 2 heterocycles. The van der Waals surface area contributed by atoms with Crippen LogP contribution in [0.15, 0.2) is 36.5 Å². The van der Waals surface area contributed by atoms with E-state index >= 15 is 0 Å². The molecule has 2 aromatic rings. The van der Waals surface area contributed by atoms with Gasteiger partial charge in [0.15, 0.2) is 6.61 Å². The molecule has 0 aliphatic carbocycles. The third kappa shape index (κ3) is 4.69. The predicted molar refractivity (Wildman–Crippen MR) is 98.6 cm³/mol. The molecule has 0 bridgehead atoms. The molecule has 0 radical (unpaired) electrons. The predicted octanol–water partition coefficient (Wildman–Crippen LogP) is 2.51. The highest BCUT2D eigenvalue weighted by molar-refractivity contribution is 6.33. The van der Waals surface area contributed by atoms with Crippen LogP contribution in [0.2, 0.25) is 5.02 Å². The van der Waals surface area contributed by atoms with Crippen LogP contribution in [-0.4, -0.2) is 47.5 Å². The number of amides is 3. The van der Waals surface area contributed by atoms with Crippen molar-refractivity contribution in [3.05, 3.63) is 58.2 Å². The summed E-state index contributed by atoms with van der Waals surface area (Å²) in [6, 6.07) is 6.90. The molecule has 12 heteroatoms. The first-order valence-electron chi connectivity index (χ1n) is 8.52. The molecule has 158 valence electrons. The number of hydroxylamine groups is 2. The molecule has 30 heavy (non-hydrogen) atoms. The van der Waals surface area contributed by atoms with Crippen LogP contribution in [0.1, 0.15) is 26.3 Å². The molecular weight excluding hydrogens is 429 g/mol. The molecule has 0 spiro atoms. The molecule has 0 atom stereocenters. The van der Waals surface area contributed by atoms with Crippen LogP contribution in [0.5, 0.6) is 0 Å².